The Morgan fingerprint density at radius 3 is 2.00 bits per heavy atom. The Labute approximate surface area is 295 Å². The average molecular weight is 788 g/mol. The molecule has 0 amide bonds. The van der Waals surface area contributed by atoms with Crippen molar-refractivity contribution in [1.82, 2.24) is 5.32 Å². The Bertz CT molecular complexity index is 1660. The molecule has 0 aliphatic carbocycles. The van der Waals surface area contributed by atoms with Crippen molar-refractivity contribution < 1.29 is 33.6 Å². The molecule has 4 aromatic rings. The minimum Gasteiger partial charge on any atom is -0.459 e. The maximum atomic E-state index is 13.5. The molecule has 2 N–H and O–H groups in total. The van der Waals surface area contributed by atoms with Gasteiger partial charge >= 0.3 is 17.7 Å². The molecule has 47 heavy (non-hydrogen) atoms. The number of aliphatic hydroxyl groups excluding tert-OH is 1. The van der Waals surface area contributed by atoms with Crippen LogP contribution in [-0.4, -0.2) is 48.6 Å². The number of hydrogen-bond acceptors (Lipinski definition) is 8. The molecule has 0 unspecified atom stereocenters. The summed E-state index contributed by atoms with van der Waals surface area (Å²) in [5, 5.41) is 14.5. The van der Waals surface area contributed by atoms with Gasteiger partial charge in [0.2, 0.25) is 0 Å². The highest BCUT2D eigenvalue weighted by atomic mass is 79.9. The third kappa shape index (κ3) is 9.36. The number of rotatable bonds is 14. The van der Waals surface area contributed by atoms with Crippen LogP contribution in [-0.2, 0) is 38.3 Å². The standard InChI is InChI=1S/C36H34Br2ClNO7/c1-23(40-22-31(41)27-7-4-10-30(39)21-27)17-26-11-12-32-33(20-26)47-36(46-32,34(42)44-15-13-24-5-2-8-28(37)18-24)35(43)45-16-14-25-6-3-9-29(38)19-25/h2-12,18-21,23,31,40-41H,13-17,22H2,1H3/t23-,31+/m1/s1. The lowest BCUT2D eigenvalue weighted by molar-refractivity contribution is -0.202. The van der Waals surface area contributed by atoms with Crippen LogP contribution in [0.4, 0.5) is 0 Å². The van der Waals surface area contributed by atoms with E-state index in [0.29, 0.717) is 30.8 Å². The molecule has 8 nitrogen and oxygen atoms in total. The molecule has 11 heteroatoms. The summed E-state index contributed by atoms with van der Waals surface area (Å²) in [6.45, 7) is 2.32. The van der Waals surface area contributed by atoms with E-state index in [1.165, 1.54) is 0 Å². The SMILES string of the molecule is C[C@H](Cc1ccc2c(c1)OC(C(=O)OCCc1cccc(Br)c1)(C(=O)OCCc1cccc(Br)c1)O2)NC[C@H](O)c1cccc(Cl)c1. The zero-order valence-corrected chi connectivity index (χ0v) is 29.5. The molecule has 1 aliphatic rings. The molecule has 0 spiro atoms. The minimum atomic E-state index is -2.44. The fraction of sp³-hybridized carbons (Fsp3) is 0.278. The molecule has 0 saturated carbocycles. The summed E-state index contributed by atoms with van der Waals surface area (Å²) in [5.41, 5.74) is 3.48. The Morgan fingerprint density at radius 2 is 1.40 bits per heavy atom. The topological polar surface area (TPSA) is 103 Å². The quantitative estimate of drug-likeness (QED) is 0.103. The zero-order valence-electron chi connectivity index (χ0n) is 25.6. The van der Waals surface area contributed by atoms with Gasteiger partial charge in [0.05, 0.1) is 19.3 Å². The lowest BCUT2D eigenvalue weighted by Crippen LogP contribution is -2.56. The van der Waals surface area contributed by atoms with E-state index in [9.17, 15) is 14.7 Å². The van der Waals surface area contributed by atoms with Crippen LogP contribution in [0.15, 0.2) is 99.9 Å². The Hall–Kier alpha value is -3.41. The van der Waals surface area contributed by atoms with Crippen LogP contribution in [0.5, 0.6) is 11.5 Å². The van der Waals surface area contributed by atoms with Gasteiger partial charge in [-0.15, -0.1) is 0 Å². The summed E-state index contributed by atoms with van der Waals surface area (Å²) >= 11 is 12.9. The van der Waals surface area contributed by atoms with Crippen LogP contribution in [0, 0.1) is 0 Å². The summed E-state index contributed by atoms with van der Waals surface area (Å²) < 4.78 is 24.8. The maximum Gasteiger partial charge on any atom is 0.453 e. The van der Waals surface area contributed by atoms with Gasteiger partial charge in [0.1, 0.15) is 0 Å². The molecular formula is C36H34Br2ClNO7. The number of halogens is 3. The number of fused-ring (bicyclic) bond motifs is 1. The van der Waals surface area contributed by atoms with Crippen LogP contribution in [0.3, 0.4) is 0 Å². The highest BCUT2D eigenvalue weighted by Gasteiger charge is 2.59. The summed E-state index contributed by atoms with van der Waals surface area (Å²) in [4.78, 5) is 27.1. The van der Waals surface area contributed by atoms with Crippen molar-refractivity contribution >= 4 is 55.4 Å². The normalized spacial score (nSPS) is 14.3. The average Bonchev–Trinajstić information content (AvgIpc) is 3.44. The van der Waals surface area contributed by atoms with Gasteiger partial charge in [-0.3, -0.25) is 0 Å². The van der Waals surface area contributed by atoms with Crippen LogP contribution >= 0.6 is 43.5 Å². The number of esters is 2. The fourth-order valence-electron chi connectivity index (χ4n) is 5.09. The second-order valence-corrected chi connectivity index (χ2v) is 13.5. The van der Waals surface area contributed by atoms with Gasteiger partial charge in [-0.25, -0.2) is 9.59 Å². The Balaban J connectivity index is 1.24. The molecule has 246 valence electrons. The highest BCUT2D eigenvalue weighted by molar-refractivity contribution is 9.10. The first-order valence-electron chi connectivity index (χ1n) is 15.1. The first-order valence-corrected chi connectivity index (χ1v) is 17.1. The molecular weight excluding hydrogens is 754 g/mol. The zero-order chi connectivity index (χ0) is 33.4. The second kappa shape index (κ2) is 16.1. The van der Waals surface area contributed by atoms with Crippen molar-refractivity contribution in [3.05, 3.63) is 127 Å². The van der Waals surface area contributed by atoms with E-state index >= 15 is 0 Å². The largest absolute Gasteiger partial charge is 0.459 e. The van der Waals surface area contributed by atoms with Crippen LogP contribution in [0.1, 0.15) is 35.3 Å². The molecule has 1 heterocycles. The molecule has 0 aromatic heterocycles. The van der Waals surface area contributed by atoms with E-state index in [-0.39, 0.29) is 30.8 Å². The highest BCUT2D eigenvalue weighted by Crippen LogP contribution is 2.41. The number of hydrogen-bond donors (Lipinski definition) is 2. The van der Waals surface area contributed by atoms with Crippen molar-refractivity contribution in [3.63, 3.8) is 0 Å². The monoisotopic (exact) mass is 785 g/mol. The summed E-state index contributed by atoms with van der Waals surface area (Å²) in [6, 6.07) is 27.6. The van der Waals surface area contributed by atoms with Crippen molar-refractivity contribution in [3.8, 4) is 11.5 Å². The summed E-state index contributed by atoms with van der Waals surface area (Å²) in [7, 11) is 0. The number of nitrogens with one attached hydrogen (secondary N) is 1. The third-order valence-corrected chi connectivity index (χ3v) is 8.74. The molecule has 1 aliphatic heterocycles. The lowest BCUT2D eigenvalue weighted by atomic mass is 10.1. The minimum absolute atomic E-state index is 0.000889. The molecule has 0 fully saturated rings. The predicted molar refractivity (Wildman–Crippen MR) is 186 cm³/mol. The van der Waals surface area contributed by atoms with Gasteiger partial charge in [0, 0.05) is 39.4 Å². The smallest absolute Gasteiger partial charge is 0.453 e. The van der Waals surface area contributed by atoms with Gasteiger partial charge < -0.3 is 29.4 Å². The number of carbonyl (C=O) groups is 2. The summed E-state index contributed by atoms with van der Waals surface area (Å²) in [5.74, 6) is -3.99. The first kappa shape index (κ1) is 34.9. The number of ether oxygens (including phenoxy) is 4. The van der Waals surface area contributed by atoms with Gasteiger partial charge in [-0.1, -0.05) is 85.9 Å². The number of aliphatic hydroxyl groups is 1. The number of benzene rings is 4. The molecule has 0 bridgehead atoms. The van der Waals surface area contributed by atoms with E-state index in [1.54, 1.807) is 30.3 Å². The summed E-state index contributed by atoms with van der Waals surface area (Å²) in [6.07, 6.45) is 0.692. The lowest BCUT2D eigenvalue weighted by Gasteiger charge is -2.23. The van der Waals surface area contributed by atoms with Gasteiger partial charge in [-0.2, -0.15) is 0 Å². The van der Waals surface area contributed by atoms with E-state index in [2.05, 4.69) is 37.2 Å². The third-order valence-electron chi connectivity index (χ3n) is 7.51. The van der Waals surface area contributed by atoms with Gasteiger partial charge in [0.15, 0.2) is 11.5 Å². The predicted octanol–water partition coefficient (Wildman–Crippen LogP) is 7.16. The van der Waals surface area contributed by atoms with Gasteiger partial charge in [-0.05, 0) is 84.1 Å². The molecule has 0 radical (unpaired) electrons. The van der Waals surface area contributed by atoms with E-state index in [1.807, 2.05) is 67.6 Å². The van der Waals surface area contributed by atoms with E-state index < -0.39 is 23.8 Å². The van der Waals surface area contributed by atoms with Crippen LogP contribution in [0.25, 0.3) is 0 Å². The molecule has 0 saturated heterocycles. The van der Waals surface area contributed by atoms with Crippen molar-refractivity contribution in [2.75, 3.05) is 19.8 Å². The van der Waals surface area contributed by atoms with Gasteiger partial charge in [0.25, 0.3) is 0 Å². The van der Waals surface area contributed by atoms with Crippen LogP contribution < -0.4 is 14.8 Å². The van der Waals surface area contributed by atoms with Crippen molar-refractivity contribution in [2.24, 2.45) is 0 Å². The molecule has 4 aromatic carbocycles. The fourth-order valence-corrected chi connectivity index (χ4v) is 6.18. The molecule has 2 atom stereocenters. The van der Waals surface area contributed by atoms with E-state index in [0.717, 1.165) is 31.2 Å². The Kier molecular flexibility index (Phi) is 12.0. The van der Waals surface area contributed by atoms with Crippen LogP contribution in [0.2, 0.25) is 5.02 Å². The van der Waals surface area contributed by atoms with Crippen molar-refractivity contribution in [1.29, 1.82) is 0 Å². The maximum absolute atomic E-state index is 13.5. The molecule has 5 rings (SSSR count). The Morgan fingerprint density at radius 1 is 0.809 bits per heavy atom. The second-order valence-electron chi connectivity index (χ2n) is 11.2. The van der Waals surface area contributed by atoms with Crippen molar-refractivity contribution in [2.45, 2.75) is 44.1 Å². The first-order chi connectivity index (χ1) is 22.6. The van der Waals surface area contributed by atoms with E-state index in [4.69, 9.17) is 30.5 Å². The number of carbonyl (C=O) groups excluding carboxylic acids is 2.